The fourth-order valence-electron chi connectivity index (χ4n) is 3.37. The average Bonchev–Trinajstić information content (AvgIpc) is 3.16. The number of nitrogens with zero attached hydrogens (tertiary/aromatic N) is 4. The Hall–Kier alpha value is -2.59. The SMILES string of the molecule is Cc1nn([C@@H]2O[C@H](CO)[C@@H](O)[C@H]2O)c2c(=O)n(Cc3ccccc3)cnc12. The van der Waals surface area contributed by atoms with Crippen molar-refractivity contribution in [3.05, 3.63) is 58.3 Å². The molecule has 3 heterocycles. The number of fused-ring (bicyclic) bond motifs is 1. The molecule has 0 spiro atoms. The molecule has 27 heavy (non-hydrogen) atoms. The Labute approximate surface area is 154 Å². The molecule has 4 rings (SSSR count). The van der Waals surface area contributed by atoms with Gasteiger partial charge in [0.1, 0.15) is 23.8 Å². The van der Waals surface area contributed by atoms with E-state index >= 15 is 0 Å². The average molecular weight is 372 g/mol. The Morgan fingerprint density at radius 3 is 2.59 bits per heavy atom. The molecule has 3 aromatic rings. The van der Waals surface area contributed by atoms with Gasteiger partial charge in [0, 0.05) is 0 Å². The lowest BCUT2D eigenvalue weighted by atomic mass is 10.1. The fourth-order valence-corrected chi connectivity index (χ4v) is 3.37. The molecule has 1 aromatic carbocycles. The number of rotatable bonds is 4. The molecule has 142 valence electrons. The van der Waals surface area contributed by atoms with E-state index in [4.69, 9.17) is 4.74 Å². The van der Waals surface area contributed by atoms with Gasteiger partial charge >= 0.3 is 0 Å². The first-order valence-corrected chi connectivity index (χ1v) is 8.62. The smallest absolute Gasteiger partial charge is 0.279 e. The first-order valence-electron chi connectivity index (χ1n) is 8.62. The minimum Gasteiger partial charge on any atom is -0.394 e. The molecule has 0 amide bonds. The second kappa shape index (κ2) is 6.86. The summed E-state index contributed by atoms with van der Waals surface area (Å²) in [5.74, 6) is 0. The molecule has 0 saturated carbocycles. The van der Waals surface area contributed by atoms with E-state index in [0.29, 0.717) is 17.8 Å². The minimum absolute atomic E-state index is 0.181. The lowest BCUT2D eigenvalue weighted by molar-refractivity contribution is -0.0566. The van der Waals surface area contributed by atoms with Gasteiger partial charge in [-0.3, -0.25) is 9.36 Å². The van der Waals surface area contributed by atoms with Crippen molar-refractivity contribution in [2.24, 2.45) is 0 Å². The Bertz CT molecular complexity index is 1020. The summed E-state index contributed by atoms with van der Waals surface area (Å²) in [6, 6.07) is 9.49. The van der Waals surface area contributed by atoms with E-state index < -0.39 is 31.1 Å². The van der Waals surface area contributed by atoms with Crippen LogP contribution in [0.4, 0.5) is 0 Å². The van der Waals surface area contributed by atoms with Crippen LogP contribution in [0.5, 0.6) is 0 Å². The summed E-state index contributed by atoms with van der Waals surface area (Å²) in [4.78, 5) is 17.4. The van der Waals surface area contributed by atoms with E-state index in [2.05, 4.69) is 10.1 Å². The third-order valence-electron chi connectivity index (χ3n) is 4.80. The van der Waals surface area contributed by atoms with E-state index in [1.165, 1.54) is 15.6 Å². The van der Waals surface area contributed by atoms with Crippen LogP contribution in [0.2, 0.25) is 0 Å². The normalized spacial score (nSPS) is 25.3. The molecule has 9 nitrogen and oxygen atoms in total. The summed E-state index contributed by atoms with van der Waals surface area (Å²) in [5.41, 5.74) is 1.70. The molecule has 1 saturated heterocycles. The molecule has 0 aliphatic carbocycles. The fraction of sp³-hybridized carbons (Fsp3) is 0.389. The van der Waals surface area contributed by atoms with Gasteiger partial charge in [-0.15, -0.1) is 0 Å². The highest BCUT2D eigenvalue weighted by Gasteiger charge is 2.44. The topological polar surface area (TPSA) is 123 Å². The number of hydrogen-bond donors (Lipinski definition) is 3. The van der Waals surface area contributed by atoms with Crippen LogP contribution in [0.25, 0.3) is 11.0 Å². The van der Waals surface area contributed by atoms with Gasteiger partial charge in [-0.25, -0.2) is 9.67 Å². The Morgan fingerprint density at radius 1 is 1.19 bits per heavy atom. The van der Waals surface area contributed by atoms with Crippen molar-refractivity contribution in [2.75, 3.05) is 6.61 Å². The Kier molecular flexibility index (Phi) is 4.52. The first kappa shape index (κ1) is 17.8. The van der Waals surface area contributed by atoms with Gasteiger partial charge in [0.2, 0.25) is 0 Å². The van der Waals surface area contributed by atoms with Crippen molar-refractivity contribution in [1.29, 1.82) is 0 Å². The maximum absolute atomic E-state index is 13.1. The highest BCUT2D eigenvalue weighted by Crippen LogP contribution is 2.31. The summed E-state index contributed by atoms with van der Waals surface area (Å²) in [7, 11) is 0. The van der Waals surface area contributed by atoms with Gasteiger partial charge in [-0.05, 0) is 12.5 Å². The van der Waals surface area contributed by atoms with Crippen LogP contribution in [0, 0.1) is 6.92 Å². The maximum atomic E-state index is 13.1. The lowest BCUT2D eigenvalue weighted by Gasteiger charge is -2.16. The first-order chi connectivity index (χ1) is 13.0. The van der Waals surface area contributed by atoms with Crippen LogP contribution in [-0.4, -0.2) is 59.6 Å². The Balaban J connectivity index is 1.80. The quantitative estimate of drug-likeness (QED) is 0.567. The van der Waals surface area contributed by atoms with Gasteiger partial charge in [0.05, 0.1) is 25.2 Å². The molecule has 0 unspecified atom stereocenters. The van der Waals surface area contributed by atoms with Gasteiger partial charge in [-0.1, -0.05) is 30.3 Å². The lowest BCUT2D eigenvalue weighted by Crippen LogP contribution is -2.33. The van der Waals surface area contributed by atoms with Crippen LogP contribution in [0.15, 0.2) is 41.5 Å². The highest BCUT2D eigenvalue weighted by molar-refractivity contribution is 5.76. The van der Waals surface area contributed by atoms with Crippen molar-refractivity contribution in [3.63, 3.8) is 0 Å². The van der Waals surface area contributed by atoms with Crippen molar-refractivity contribution in [1.82, 2.24) is 19.3 Å². The highest BCUT2D eigenvalue weighted by atomic mass is 16.6. The predicted molar refractivity (Wildman–Crippen MR) is 95.1 cm³/mol. The molecule has 1 aliphatic rings. The van der Waals surface area contributed by atoms with Gasteiger partial charge in [0.25, 0.3) is 5.56 Å². The number of aliphatic hydroxyl groups is 3. The summed E-state index contributed by atoms with van der Waals surface area (Å²) in [5, 5.41) is 33.9. The molecule has 4 atom stereocenters. The third kappa shape index (κ3) is 2.94. The Morgan fingerprint density at radius 2 is 1.93 bits per heavy atom. The maximum Gasteiger partial charge on any atom is 0.279 e. The van der Waals surface area contributed by atoms with Crippen molar-refractivity contribution in [3.8, 4) is 0 Å². The van der Waals surface area contributed by atoms with Crippen molar-refractivity contribution < 1.29 is 20.1 Å². The molecule has 9 heteroatoms. The zero-order valence-electron chi connectivity index (χ0n) is 14.6. The van der Waals surface area contributed by atoms with E-state index in [1.807, 2.05) is 30.3 Å². The zero-order valence-corrected chi connectivity index (χ0v) is 14.6. The standard InChI is InChI=1S/C18H20N4O5/c1-10-13-14(22(20-10)18-16(25)15(24)12(8-23)27-18)17(26)21(9-19-13)7-11-5-3-2-4-6-11/h2-6,9,12,15-16,18,23-25H,7-8H2,1H3/t12-,15-,16-,18-/m1/s1. The van der Waals surface area contributed by atoms with Crippen LogP contribution >= 0.6 is 0 Å². The molecule has 2 aromatic heterocycles. The van der Waals surface area contributed by atoms with Crippen LogP contribution in [0.3, 0.4) is 0 Å². The van der Waals surface area contributed by atoms with Crippen LogP contribution in [-0.2, 0) is 11.3 Å². The summed E-state index contributed by atoms with van der Waals surface area (Å²) in [6.07, 6.45) is -3.17. The molecule has 1 fully saturated rings. The summed E-state index contributed by atoms with van der Waals surface area (Å²) in [6.45, 7) is 1.58. The largest absolute Gasteiger partial charge is 0.394 e. The number of hydrogen-bond acceptors (Lipinski definition) is 7. The van der Waals surface area contributed by atoms with E-state index in [-0.39, 0.29) is 11.1 Å². The van der Waals surface area contributed by atoms with Gasteiger partial charge in [0.15, 0.2) is 11.7 Å². The number of aromatic nitrogens is 4. The molecule has 3 N–H and O–H groups in total. The van der Waals surface area contributed by atoms with Gasteiger partial charge < -0.3 is 20.1 Å². The van der Waals surface area contributed by atoms with Crippen molar-refractivity contribution >= 4 is 11.0 Å². The second-order valence-electron chi connectivity index (χ2n) is 6.62. The molecule has 0 radical (unpaired) electrons. The number of ether oxygens (including phenoxy) is 1. The van der Waals surface area contributed by atoms with Crippen LogP contribution < -0.4 is 5.56 Å². The molecule has 0 bridgehead atoms. The zero-order chi connectivity index (χ0) is 19.1. The molecule has 1 aliphatic heterocycles. The van der Waals surface area contributed by atoms with Crippen LogP contribution in [0.1, 0.15) is 17.5 Å². The second-order valence-corrected chi connectivity index (χ2v) is 6.62. The number of benzene rings is 1. The van der Waals surface area contributed by atoms with Crippen molar-refractivity contribution in [2.45, 2.75) is 38.0 Å². The number of aliphatic hydroxyl groups excluding tert-OH is 3. The number of aryl methyl sites for hydroxylation is 1. The monoisotopic (exact) mass is 372 g/mol. The van der Waals surface area contributed by atoms with E-state index in [1.54, 1.807) is 6.92 Å². The molecular formula is C18H20N4O5. The minimum atomic E-state index is -1.33. The summed E-state index contributed by atoms with van der Waals surface area (Å²) < 4.78 is 8.24. The van der Waals surface area contributed by atoms with Gasteiger partial charge in [-0.2, -0.15) is 5.10 Å². The summed E-state index contributed by atoms with van der Waals surface area (Å²) >= 11 is 0. The third-order valence-corrected chi connectivity index (χ3v) is 4.80. The molecular weight excluding hydrogens is 352 g/mol. The van der Waals surface area contributed by atoms with E-state index in [9.17, 15) is 20.1 Å². The van der Waals surface area contributed by atoms with E-state index in [0.717, 1.165) is 5.56 Å². The predicted octanol–water partition coefficient (Wildman–Crippen LogP) is -0.439.